The van der Waals surface area contributed by atoms with Crippen molar-refractivity contribution in [2.75, 3.05) is 13.7 Å². The second-order valence-corrected chi connectivity index (χ2v) is 5.58. The van der Waals surface area contributed by atoms with Gasteiger partial charge in [0.15, 0.2) is 17.3 Å². The number of methoxy groups -OCH3 is 1. The molecule has 23 heavy (non-hydrogen) atoms. The third-order valence-electron chi connectivity index (χ3n) is 3.67. The molecule has 2 aromatic rings. The van der Waals surface area contributed by atoms with Gasteiger partial charge >= 0.3 is 0 Å². The molecular formula is C18H15ClO4. The van der Waals surface area contributed by atoms with Crippen molar-refractivity contribution < 1.29 is 19.4 Å². The lowest BCUT2D eigenvalue weighted by Crippen LogP contribution is -1.95. The molecule has 1 aliphatic heterocycles. The minimum Gasteiger partial charge on any atom is -0.503 e. The van der Waals surface area contributed by atoms with Gasteiger partial charge in [0.05, 0.1) is 18.7 Å². The summed E-state index contributed by atoms with van der Waals surface area (Å²) in [6.45, 7) is 0.661. The lowest BCUT2D eigenvalue weighted by molar-refractivity contribution is 0.104. The molecule has 0 aliphatic carbocycles. The standard InChI is InChI=1S/C18H15ClO4/c1-22-17-9-11(8-14(19)18(17)21)2-4-15(20)12-3-5-16-13(10-12)6-7-23-16/h2-5,8-10,21H,6-7H2,1H3/b4-2+. The van der Waals surface area contributed by atoms with Crippen LogP contribution in [0.3, 0.4) is 0 Å². The zero-order valence-electron chi connectivity index (χ0n) is 12.5. The SMILES string of the molecule is COc1cc(/C=C/C(=O)c2ccc3c(c2)CCO3)cc(Cl)c1O. The van der Waals surface area contributed by atoms with Gasteiger partial charge in [0.1, 0.15) is 5.75 Å². The molecule has 1 heterocycles. The van der Waals surface area contributed by atoms with Gasteiger partial charge in [0, 0.05) is 12.0 Å². The molecular weight excluding hydrogens is 316 g/mol. The topological polar surface area (TPSA) is 55.8 Å². The first kappa shape index (κ1) is 15.4. The van der Waals surface area contributed by atoms with E-state index in [0.717, 1.165) is 17.7 Å². The predicted molar refractivity (Wildman–Crippen MR) is 88.7 cm³/mol. The van der Waals surface area contributed by atoms with Crippen molar-refractivity contribution in [1.29, 1.82) is 0 Å². The van der Waals surface area contributed by atoms with Gasteiger partial charge in [-0.2, -0.15) is 0 Å². The summed E-state index contributed by atoms with van der Waals surface area (Å²) in [5.41, 5.74) is 2.34. The monoisotopic (exact) mass is 330 g/mol. The summed E-state index contributed by atoms with van der Waals surface area (Å²) in [5, 5.41) is 9.88. The Balaban J connectivity index is 1.82. The molecule has 5 heteroatoms. The van der Waals surface area contributed by atoms with Crippen LogP contribution in [-0.2, 0) is 6.42 Å². The number of aromatic hydroxyl groups is 1. The van der Waals surface area contributed by atoms with Crippen LogP contribution in [0.25, 0.3) is 6.08 Å². The summed E-state index contributed by atoms with van der Waals surface area (Å²) < 4.78 is 10.5. The largest absolute Gasteiger partial charge is 0.503 e. The summed E-state index contributed by atoms with van der Waals surface area (Å²) in [6.07, 6.45) is 3.94. The van der Waals surface area contributed by atoms with Crippen molar-refractivity contribution in [1.82, 2.24) is 0 Å². The van der Waals surface area contributed by atoms with Crippen molar-refractivity contribution in [2.45, 2.75) is 6.42 Å². The van der Waals surface area contributed by atoms with Crippen LogP contribution in [0.5, 0.6) is 17.2 Å². The highest BCUT2D eigenvalue weighted by atomic mass is 35.5. The van der Waals surface area contributed by atoms with Gasteiger partial charge in [0.2, 0.25) is 0 Å². The molecule has 0 spiro atoms. The number of carbonyl (C=O) groups excluding carboxylic acids is 1. The third-order valence-corrected chi connectivity index (χ3v) is 3.96. The van der Waals surface area contributed by atoms with E-state index in [1.807, 2.05) is 12.1 Å². The number of carbonyl (C=O) groups is 1. The molecule has 1 aliphatic rings. The number of fused-ring (bicyclic) bond motifs is 1. The van der Waals surface area contributed by atoms with Crippen molar-refractivity contribution >= 4 is 23.5 Å². The fourth-order valence-electron chi connectivity index (χ4n) is 2.45. The fourth-order valence-corrected chi connectivity index (χ4v) is 2.67. The van der Waals surface area contributed by atoms with Gasteiger partial charge in [0.25, 0.3) is 0 Å². The van der Waals surface area contributed by atoms with Crippen LogP contribution >= 0.6 is 11.6 Å². The Morgan fingerprint density at radius 2 is 2.17 bits per heavy atom. The van der Waals surface area contributed by atoms with Crippen LogP contribution in [0.4, 0.5) is 0 Å². The minimum absolute atomic E-state index is 0.108. The fraction of sp³-hybridized carbons (Fsp3) is 0.167. The molecule has 0 atom stereocenters. The maximum Gasteiger partial charge on any atom is 0.185 e. The normalized spacial score (nSPS) is 13.0. The average Bonchev–Trinajstić information content (AvgIpc) is 3.03. The second-order valence-electron chi connectivity index (χ2n) is 5.17. The highest BCUT2D eigenvalue weighted by Gasteiger charge is 2.14. The number of ether oxygens (including phenoxy) is 2. The average molecular weight is 331 g/mol. The van der Waals surface area contributed by atoms with Gasteiger partial charge in [-0.3, -0.25) is 4.79 Å². The molecule has 0 saturated carbocycles. The minimum atomic E-state index is -0.115. The van der Waals surface area contributed by atoms with Gasteiger partial charge in [-0.15, -0.1) is 0 Å². The Kier molecular flexibility index (Phi) is 4.26. The van der Waals surface area contributed by atoms with Crippen LogP contribution in [0.2, 0.25) is 5.02 Å². The van der Waals surface area contributed by atoms with E-state index in [0.29, 0.717) is 17.7 Å². The molecule has 0 radical (unpaired) electrons. The Labute approximate surface area is 138 Å². The van der Waals surface area contributed by atoms with Gasteiger partial charge in [-0.05, 0) is 47.5 Å². The van der Waals surface area contributed by atoms with Crippen LogP contribution in [0.1, 0.15) is 21.5 Å². The van der Waals surface area contributed by atoms with E-state index in [-0.39, 0.29) is 22.3 Å². The Hall–Kier alpha value is -2.46. The number of halogens is 1. The van der Waals surface area contributed by atoms with Crippen molar-refractivity contribution in [3.63, 3.8) is 0 Å². The quantitative estimate of drug-likeness (QED) is 0.682. The first-order valence-corrected chi connectivity index (χ1v) is 7.51. The molecule has 0 saturated heterocycles. The highest BCUT2D eigenvalue weighted by molar-refractivity contribution is 6.32. The highest BCUT2D eigenvalue weighted by Crippen LogP contribution is 2.35. The van der Waals surface area contributed by atoms with E-state index in [9.17, 15) is 9.90 Å². The molecule has 0 aromatic heterocycles. The van der Waals surface area contributed by atoms with Crippen LogP contribution in [-0.4, -0.2) is 24.6 Å². The second kappa shape index (κ2) is 6.34. The van der Waals surface area contributed by atoms with Gasteiger partial charge < -0.3 is 14.6 Å². The zero-order chi connectivity index (χ0) is 16.4. The van der Waals surface area contributed by atoms with Crippen molar-refractivity contribution in [3.05, 3.63) is 58.1 Å². The molecule has 0 unspecified atom stereocenters. The van der Waals surface area contributed by atoms with Crippen LogP contribution in [0, 0.1) is 0 Å². The van der Waals surface area contributed by atoms with Crippen LogP contribution < -0.4 is 9.47 Å². The summed E-state index contributed by atoms with van der Waals surface area (Å²) in [5.74, 6) is 0.888. The zero-order valence-corrected chi connectivity index (χ0v) is 13.3. The molecule has 4 nitrogen and oxygen atoms in total. The molecule has 2 aromatic carbocycles. The Bertz CT molecular complexity index is 796. The van der Waals surface area contributed by atoms with Gasteiger partial charge in [-0.1, -0.05) is 17.7 Å². The number of phenols is 1. The molecule has 118 valence electrons. The lowest BCUT2D eigenvalue weighted by atomic mass is 10.0. The van der Waals surface area contributed by atoms with E-state index in [1.54, 1.807) is 24.3 Å². The van der Waals surface area contributed by atoms with Crippen LogP contribution in [0.15, 0.2) is 36.4 Å². The van der Waals surface area contributed by atoms with E-state index < -0.39 is 0 Å². The van der Waals surface area contributed by atoms with Crippen molar-refractivity contribution in [2.24, 2.45) is 0 Å². The molecule has 0 bridgehead atoms. The maximum absolute atomic E-state index is 12.3. The first-order valence-electron chi connectivity index (χ1n) is 7.13. The Morgan fingerprint density at radius 3 is 2.96 bits per heavy atom. The summed E-state index contributed by atoms with van der Waals surface area (Å²) in [4.78, 5) is 12.3. The predicted octanol–water partition coefficient (Wildman–Crippen LogP) is 3.89. The maximum atomic E-state index is 12.3. The molecule has 0 fully saturated rings. The number of benzene rings is 2. The molecule has 1 N–H and O–H groups in total. The summed E-state index contributed by atoms with van der Waals surface area (Å²) >= 11 is 5.93. The Morgan fingerprint density at radius 1 is 1.35 bits per heavy atom. The van der Waals surface area contributed by atoms with Crippen molar-refractivity contribution in [3.8, 4) is 17.2 Å². The molecule has 0 amide bonds. The summed E-state index contributed by atoms with van der Waals surface area (Å²) in [7, 11) is 1.44. The number of rotatable bonds is 4. The number of hydrogen-bond donors (Lipinski definition) is 1. The lowest BCUT2D eigenvalue weighted by Gasteiger charge is -2.06. The van der Waals surface area contributed by atoms with E-state index in [2.05, 4.69) is 0 Å². The van der Waals surface area contributed by atoms with E-state index >= 15 is 0 Å². The number of allylic oxidation sites excluding steroid dienone is 1. The first-order chi connectivity index (χ1) is 11.1. The number of phenolic OH excluding ortho intramolecular Hbond substituents is 1. The smallest absolute Gasteiger partial charge is 0.185 e. The number of hydrogen-bond acceptors (Lipinski definition) is 4. The summed E-state index contributed by atoms with van der Waals surface area (Å²) in [6, 6.07) is 8.62. The number of ketones is 1. The van der Waals surface area contributed by atoms with E-state index in [4.69, 9.17) is 21.1 Å². The molecule has 3 rings (SSSR count). The van der Waals surface area contributed by atoms with Gasteiger partial charge in [-0.25, -0.2) is 0 Å². The van der Waals surface area contributed by atoms with E-state index in [1.165, 1.54) is 13.2 Å². The third kappa shape index (κ3) is 3.17.